The van der Waals surface area contributed by atoms with Crippen molar-refractivity contribution in [2.75, 3.05) is 18.8 Å². The molecule has 0 bridgehead atoms. The number of phenolic OH excluding ortho intramolecular Hbond substituents is 2. The number of benzene rings is 2. The van der Waals surface area contributed by atoms with Crippen LogP contribution in [0.1, 0.15) is 30.0 Å². The molecule has 1 aromatic heterocycles. The summed E-state index contributed by atoms with van der Waals surface area (Å²) in [4.78, 5) is 23.2. The Morgan fingerprint density at radius 3 is 2.57 bits per heavy atom. The summed E-state index contributed by atoms with van der Waals surface area (Å²) in [6, 6.07) is 12.3. The van der Waals surface area contributed by atoms with Gasteiger partial charge in [-0.3, -0.25) is 4.79 Å². The van der Waals surface area contributed by atoms with Crippen LogP contribution < -0.4 is 5.73 Å². The number of phenols is 2. The fourth-order valence-corrected chi connectivity index (χ4v) is 3.80. The summed E-state index contributed by atoms with van der Waals surface area (Å²) in [6.07, 6.45) is 1.82. The predicted octanol–water partition coefficient (Wildman–Crippen LogP) is 2.57. The summed E-state index contributed by atoms with van der Waals surface area (Å²) < 4.78 is 0. The van der Waals surface area contributed by atoms with Gasteiger partial charge in [-0.15, -0.1) is 0 Å². The van der Waals surface area contributed by atoms with Gasteiger partial charge in [-0.1, -0.05) is 24.3 Å². The molecule has 1 amide bonds. The third-order valence-electron chi connectivity index (χ3n) is 5.28. The number of anilines is 1. The van der Waals surface area contributed by atoms with E-state index in [0.717, 1.165) is 29.4 Å². The molecule has 4 rings (SSSR count). The van der Waals surface area contributed by atoms with E-state index in [1.54, 1.807) is 6.07 Å². The second kappa shape index (κ2) is 7.34. The second-order valence-electron chi connectivity index (χ2n) is 7.14. The number of rotatable bonds is 3. The number of hydrogen-bond acceptors (Lipinski definition) is 6. The van der Waals surface area contributed by atoms with Crippen molar-refractivity contribution in [3.63, 3.8) is 0 Å². The first kappa shape index (κ1) is 18.0. The molecule has 3 aromatic rings. The van der Waals surface area contributed by atoms with Crippen molar-refractivity contribution < 1.29 is 15.0 Å². The minimum Gasteiger partial charge on any atom is -0.504 e. The van der Waals surface area contributed by atoms with Gasteiger partial charge in [-0.25, -0.2) is 9.97 Å². The van der Waals surface area contributed by atoms with E-state index < -0.39 is 0 Å². The lowest BCUT2D eigenvalue weighted by molar-refractivity contribution is -0.131. The van der Waals surface area contributed by atoms with E-state index in [1.807, 2.05) is 29.2 Å². The molecular weight excluding hydrogens is 356 g/mol. The molecule has 0 radical (unpaired) electrons. The molecule has 2 heterocycles. The lowest BCUT2D eigenvalue weighted by Gasteiger charge is -2.32. The number of fused-ring (bicyclic) bond motifs is 1. The average Bonchev–Trinajstić information content (AvgIpc) is 2.70. The summed E-state index contributed by atoms with van der Waals surface area (Å²) in [5.41, 5.74) is 8.37. The molecular formula is C21H22N4O3. The van der Waals surface area contributed by atoms with Crippen LogP contribution in [-0.2, 0) is 11.2 Å². The van der Waals surface area contributed by atoms with Gasteiger partial charge in [0, 0.05) is 24.4 Å². The van der Waals surface area contributed by atoms with Crippen molar-refractivity contribution in [2.24, 2.45) is 0 Å². The maximum absolute atomic E-state index is 12.6. The standard InChI is InChI=1S/C21H22N4O3/c22-21-23-16-4-2-1-3-15(16)20(24-21)14-7-9-25(10-8-14)19(28)12-13-5-6-17(26)18(27)11-13/h1-6,11,14,26-27H,7-10,12H2,(H2,22,23,24). The van der Waals surface area contributed by atoms with Gasteiger partial charge < -0.3 is 20.8 Å². The van der Waals surface area contributed by atoms with Crippen LogP contribution in [-0.4, -0.2) is 44.1 Å². The number of carbonyl (C=O) groups excluding carboxylic acids is 1. The van der Waals surface area contributed by atoms with E-state index in [-0.39, 0.29) is 35.7 Å². The van der Waals surface area contributed by atoms with Crippen molar-refractivity contribution in [1.29, 1.82) is 0 Å². The van der Waals surface area contributed by atoms with Crippen LogP contribution >= 0.6 is 0 Å². The van der Waals surface area contributed by atoms with E-state index in [4.69, 9.17) is 5.73 Å². The van der Waals surface area contributed by atoms with Crippen LogP contribution in [0.5, 0.6) is 11.5 Å². The van der Waals surface area contributed by atoms with Crippen LogP contribution in [0.3, 0.4) is 0 Å². The Morgan fingerprint density at radius 1 is 1.07 bits per heavy atom. The Kier molecular flexibility index (Phi) is 4.73. The number of piperidine rings is 1. The maximum atomic E-state index is 12.6. The first-order chi connectivity index (χ1) is 13.5. The minimum absolute atomic E-state index is 0.00981. The van der Waals surface area contributed by atoms with Crippen LogP contribution in [0.4, 0.5) is 5.95 Å². The van der Waals surface area contributed by atoms with Gasteiger partial charge in [0.15, 0.2) is 11.5 Å². The summed E-state index contributed by atoms with van der Waals surface area (Å²) in [6.45, 7) is 1.29. The molecule has 1 saturated heterocycles. The highest BCUT2D eigenvalue weighted by Crippen LogP contribution is 2.32. The first-order valence-corrected chi connectivity index (χ1v) is 9.32. The van der Waals surface area contributed by atoms with Crippen LogP contribution in [0.25, 0.3) is 10.9 Å². The van der Waals surface area contributed by atoms with Crippen molar-refractivity contribution in [3.05, 3.63) is 53.7 Å². The summed E-state index contributed by atoms with van der Waals surface area (Å²) in [5, 5.41) is 20.0. The number of nitrogens with zero attached hydrogens (tertiary/aromatic N) is 3. The Bertz CT molecular complexity index is 1030. The number of carbonyl (C=O) groups is 1. The minimum atomic E-state index is -0.211. The van der Waals surface area contributed by atoms with Crippen molar-refractivity contribution in [1.82, 2.24) is 14.9 Å². The zero-order chi connectivity index (χ0) is 19.7. The molecule has 1 aliphatic rings. The molecule has 7 nitrogen and oxygen atoms in total. The molecule has 144 valence electrons. The van der Waals surface area contributed by atoms with Gasteiger partial charge in [0.25, 0.3) is 0 Å². The normalized spacial score (nSPS) is 15.1. The summed E-state index contributed by atoms with van der Waals surface area (Å²) in [7, 11) is 0. The van der Waals surface area contributed by atoms with Gasteiger partial charge in [0.1, 0.15) is 0 Å². The van der Waals surface area contributed by atoms with Gasteiger partial charge in [0.2, 0.25) is 11.9 Å². The molecule has 4 N–H and O–H groups in total. The number of nitrogen functional groups attached to an aromatic ring is 1. The summed E-state index contributed by atoms with van der Waals surface area (Å²) >= 11 is 0. The molecule has 2 aromatic carbocycles. The summed E-state index contributed by atoms with van der Waals surface area (Å²) in [5.74, 6) is 0.123. The zero-order valence-electron chi connectivity index (χ0n) is 15.4. The van der Waals surface area contributed by atoms with Crippen LogP contribution in [0, 0.1) is 0 Å². The highest BCUT2D eigenvalue weighted by Gasteiger charge is 2.26. The number of likely N-dealkylation sites (tertiary alicyclic amines) is 1. The molecule has 1 fully saturated rings. The van der Waals surface area contributed by atoms with E-state index >= 15 is 0 Å². The van der Waals surface area contributed by atoms with E-state index in [2.05, 4.69) is 9.97 Å². The van der Waals surface area contributed by atoms with Gasteiger partial charge in [-0.2, -0.15) is 0 Å². The number of aromatic nitrogens is 2. The van der Waals surface area contributed by atoms with Gasteiger partial charge in [-0.05, 0) is 36.6 Å². The third kappa shape index (κ3) is 3.55. The number of aromatic hydroxyl groups is 2. The quantitative estimate of drug-likeness (QED) is 0.604. The van der Waals surface area contributed by atoms with Gasteiger partial charge in [0.05, 0.1) is 17.6 Å². The number of hydrogen-bond donors (Lipinski definition) is 3. The highest BCUT2D eigenvalue weighted by atomic mass is 16.3. The third-order valence-corrected chi connectivity index (χ3v) is 5.28. The molecule has 0 spiro atoms. The van der Waals surface area contributed by atoms with Crippen molar-refractivity contribution >= 4 is 22.8 Å². The highest BCUT2D eigenvalue weighted by molar-refractivity contribution is 5.82. The van der Waals surface area contributed by atoms with Crippen molar-refractivity contribution in [2.45, 2.75) is 25.2 Å². The number of nitrogens with two attached hydrogens (primary N) is 1. The van der Waals surface area contributed by atoms with Crippen LogP contribution in [0.15, 0.2) is 42.5 Å². The largest absolute Gasteiger partial charge is 0.504 e. The maximum Gasteiger partial charge on any atom is 0.226 e. The average molecular weight is 378 g/mol. The van der Waals surface area contributed by atoms with E-state index in [0.29, 0.717) is 18.7 Å². The molecule has 0 saturated carbocycles. The molecule has 0 atom stereocenters. The fraction of sp³-hybridized carbons (Fsp3) is 0.286. The Balaban J connectivity index is 1.45. The van der Waals surface area contributed by atoms with E-state index in [9.17, 15) is 15.0 Å². The lowest BCUT2D eigenvalue weighted by atomic mass is 9.90. The Labute approximate surface area is 162 Å². The lowest BCUT2D eigenvalue weighted by Crippen LogP contribution is -2.39. The molecule has 0 aliphatic carbocycles. The van der Waals surface area contributed by atoms with Crippen LogP contribution in [0.2, 0.25) is 0 Å². The molecule has 7 heteroatoms. The fourth-order valence-electron chi connectivity index (χ4n) is 3.80. The van der Waals surface area contributed by atoms with Gasteiger partial charge >= 0.3 is 0 Å². The van der Waals surface area contributed by atoms with Crippen molar-refractivity contribution in [3.8, 4) is 11.5 Å². The smallest absolute Gasteiger partial charge is 0.226 e. The Morgan fingerprint density at radius 2 is 1.82 bits per heavy atom. The number of amides is 1. The van der Waals surface area contributed by atoms with E-state index in [1.165, 1.54) is 12.1 Å². The second-order valence-corrected chi connectivity index (χ2v) is 7.14. The zero-order valence-corrected chi connectivity index (χ0v) is 15.4. The first-order valence-electron chi connectivity index (χ1n) is 9.32. The predicted molar refractivity (Wildman–Crippen MR) is 106 cm³/mol. The molecule has 0 unspecified atom stereocenters. The molecule has 28 heavy (non-hydrogen) atoms. The topological polar surface area (TPSA) is 113 Å². The molecule has 1 aliphatic heterocycles. The Hall–Kier alpha value is -3.35. The monoisotopic (exact) mass is 378 g/mol. The number of para-hydroxylation sites is 1. The SMILES string of the molecule is Nc1nc(C2CCN(C(=O)Cc3ccc(O)c(O)c3)CC2)c2ccccc2n1.